The first-order chi connectivity index (χ1) is 12.6. The van der Waals surface area contributed by atoms with Gasteiger partial charge >= 0.3 is 0 Å². The Kier molecular flexibility index (Phi) is 4.83. The van der Waals surface area contributed by atoms with Gasteiger partial charge in [-0.3, -0.25) is 4.79 Å². The summed E-state index contributed by atoms with van der Waals surface area (Å²) in [5.41, 5.74) is 1.84. The molecule has 1 unspecified atom stereocenters. The van der Waals surface area contributed by atoms with Crippen molar-refractivity contribution in [3.05, 3.63) is 53.1 Å². The summed E-state index contributed by atoms with van der Waals surface area (Å²) in [6, 6.07) is 13.6. The molecule has 1 saturated carbocycles. The van der Waals surface area contributed by atoms with Crippen molar-refractivity contribution in [1.29, 1.82) is 0 Å². The molecule has 134 valence electrons. The molecular formula is C20H19ClN2O2S. The van der Waals surface area contributed by atoms with E-state index in [0.29, 0.717) is 22.0 Å². The summed E-state index contributed by atoms with van der Waals surface area (Å²) in [5, 5.41) is 4.36. The molecule has 0 spiro atoms. The van der Waals surface area contributed by atoms with Crippen LogP contribution < -0.4 is 10.1 Å². The van der Waals surface area contributed by atoms with Crippen molar-refractivity contribution in [2.24, 2.45) is 0 Å². The van der Waals surface area contributed by atoms with Crippen molar-refractivity contribution in [3.8, 4) is 10.9 Å². The average Bonchev–Trinajstić information content (AvgIpc) is 2.99. The smallest absolute Gasteiger partial charge is 0.279 e. The summed E-state index contributed by atoms with van der Waals surface area (Å²) in [5.74, 6) is 0.617. The van der Waals surface area contributed by atoms with Crippen molar-refractivity contribution in [2.45, 2.75) is 38.1 Å². The van der Waals surface area contributed by atoms with E-state index in [9.17, 15) is 4.79 Å². The molecule has 2 aromatic carbocycles. The van der Waals surface area contributed by atoms with Gasteiger partial charge in [-0.15, -0.1) is 0 Å². The number of nitrogens with one attached hydrogen (secondary N) is 1. The first-order valence-corrected chi connectivity index (χ1v) is 9.92. The molecule has 1 N–H and O–H groups in total. The van der Waals surface area contributed by atoms with E-state index in [1.807, 2.05) is 49.4 Å². The molecular weight excluding hydrogens is 368 g/mol. The fourth-order valence-electron chi connectivity index (χ4n) is 2.88. The third kappa shape index (κ3) is 3.69. The third-order valence-corrected chi connectivity index (χ3v) is 5.89. The molecule has 6 heteroatoms. The standard InChI is InChI=1S/C20H19ClN2O2S/c1-12(19(24)22-15-3-2-4-15)13-5-8-16(9-6-13)25-20-23-17-10-7-14(21)11-18(17)26-20/h5-12,15H,2-4H2,1H3,(H,22,24). The summed E-state index contributed by atoms with van der Waals surface area (Å²) in [7, 11) is 0. The number of aromatic nitrogens is 1. The first-order valence-electron chi connectivity index (χ1n) is 8.73. The van der Waals surface area contributed by atoms with Crippen LogP contribution in [0.25, 0.3) is 10.2 Å². The average molecular weight is 387 g/mol. The van der Waals surface area contributed by atoms with Gasteiger partial charge in [0.25, 0.3) is 5.19 Å². The van der Waals surface area contributed by atoms with Crippen LogP contribution in [0.1, 0.15) is 37.7 Å². The molecule has 0 aliphatic heterocycles. The zero-order valence-corrected chi connectivity index (χ0v) is 15.9. The van der Waals surface area contributed by atoms with E-state index < -0.39 is 0 Å². The van der Waals surface area contributed by atoms with Crippen LogP contribution >= 0.6 is 22.9 Å². The van der Waals surface area contributed by atoms with Crippen molar-refractivity contribution >= 4 is 39.1 Å². The van der Waals surface area contributed by atoms with Crippen LogP contribution in [0.5, 0.6) is 10.9 Å². The Balaban J connectivity index is 1.43. The van der Waals surface area contributed by atoms with Gasteiger partial charge in [-0.1, -0.05) is 35.1 Å². The minimum Gasteiger partial charge on any atom is -0.431 e. The second-order valence-corrected chi connectivity index (χ2v) is 8.05. The van der Waals surface area contributed by atoms with E-state index in [2.05, 4.69) is 10.3 Å². The predicted molar refractivity (Wildman–Crippen MR) is 105 cm³/mol. The molecule has 1 atom stereocenters. The topological polar surface area (TPSA) is 51.2 Å². The van der Waals surface area contributed by atoms with Gasteiger partial charge in [-0.25, -0.2) is 4.98 Å². The van der Waals surface area contributed by atoms with E-state index >= 15 is 0 Å². The molecule has 1 amide bonds. The monoisotopic (exact) mass is 386 g/mol. The number of fused-ring (bicyclic) bond motifs is 1. The molecule has 0 radical (unpaired) electrons. The Hall–Kier alpha value is -2.11. The lowest BCUT2D eigenvalue weighted by atomic mass is 9.92. The first kappa shape index (κ1) is 17.3. The van der Waals surface area contributed by atoms with Crippen LogP contribution in [0.15, 0.2) is 42.5 Å². The molecule has 4 rings (SSSR count). The highest BCUT2D eigenvalue weighted by Gasteiger charge is 2.23. The largest absolute Gasteiger partial charge is 0.431 e. The van der Waals surface area contributed by atoms with E-state index in [0.717, 1.165) is 28.6 Å². The maximum atomic E-state index is 12.3. The Bertz CT molecular complexity index is 935. The zero-order chi connectivity index (χ0) is 18.1. The molecule has 1 aliphatic rings. The van der Waals surface area contributed by atoms with Crippen LogP contribution in [-0.2, 0) is 4.79 Å². The molecule has 0 saturated heterocycles. The van der Waals surface area contributed by atoms with Crippen molar-refractivity contribution in [1.82, 2.24) is 10.3 Å². The number of ether oxygens (including phenoxy) is 1. The van der Waals surface area contributed by atoms with Gasteiger partial charge < -0.3 is 10.1 Å². The van der Waals surface area contributed by atoms with Crippen LogP contribution in [0.2, 0.25) is 5.02 Å². The lowest BCUT2D eigenvalue weighted by Gasteiger charge is -2.27. The zero-order valence-electron chi connectivity index (χ0n) is 14.4. The fraction of sp³-hybridized carbons (Fsp3) is 0.300. The molecule has 1 heterocycles. The van der Waals surface area contributed by atoms with Gasteiger partial charge in [-0.2, -0.15) is 0 Å². The molecule has 1 aromatic heterocycles. The van der Waals surface area contributed by atoms with Crippen molar-refractivity contribution in [2.75, 3.05) is 0 Å². The van der Waals surface area contributed by atoms with Gasteiger partial charge in [0.2, 0.25) is 5.91 Å². The molecule has 0 bridgehead atoms. The summed E-state index contributed by atoms with van der Waals surface area (Å²) in [4.78, 5) is 16.7. The third-order valence-electron chi connectivity index (χ3n) is 4.76. The lowest BCUT2D eigenvalue weighted by molar-refractivity contribution is -0.123. The number of hydrogen-bond donors (Lipinski definition) is 1. The quantitative estimate of drug-likeness (QED) is 0.628. The summed E-state index contributed by atoms with van der Waals surface area (Å²) in [6.45, 7) is 1.93. The van der Waals surface area contributed by atoms with Crippen LogP contribution in [-0.4, -0.2) is 16.9 Å². The van der Waals surface area contributed by atoms with Gasteiger partial charge in [0, 0.05) is 11.1 Å². The molecule has 1 aliphatic carbocycles. The maximum Gasteiger partial charge on any atom is 0.279 e. The Morgan fingerprint density at radius 1 is 1.27 bits per heavy atom. The van der Waals surface area contributed by atoms with Crippen LogP contribution in [0.3, 0.4) is 0 Å². The number of benzene rings is 2. The molecule has 4 nitrogen and oxygen atoms in total. The SMILES string of the molecule is CC(C(=O)NC1CCC1)c1ccc(Oc2nc3ccc(Cl)cc3s2)cc1. The van der Waals surface area contributed by atoms with Gasteiger partial charge in [0.1, 0.15) is 5.75 Å². The fourth-order valence-corrected chi connectivity index (χ4v) is 3.99. The number of hydrogen-bond acceptors (Lipinski definition) is 4. The number of nitrogens with zero attached hydrogens (tertiary/aromatic N) is 1. The Labute approximate surface area is 161 Å². The number of carbonyl (C=O) groups is 1. The van der Waals surface area contributed by atoms with Gasteiger partial charge in [-0.05, 0) is 62.1 Å². The highest BCUT2D eigenvalue weighted by Crippen LogP contribution is 2.33. The minimum absolute atomic E-state index is 0.0893. The highest BCUT2D eigenvalue weighted by atomic mass is 35.5. The number of carbonyl (C=O) groups excluding carboxylic acids is 1. The van der Waals surface area contributed by atoms with Crippen molar-refractivity contribution in [3.63, 3.8) is 0 Å². The number of thiazole rings is 1. The highest BCUT2D eigenvalue weighted by molar-refractivity contribution is 7.20. The van der Waals surface area contributed by atoms with Gasteiger partial charge in [0.15, 0.2) is 0 Å². The van der Waals surface area contributed by atoms with E-state index in [4.69, 9.17) is 16.3 Å². The predicted octanol–water partition coefficient (Wildman–Crippen LogP) is 5.51. The minimum atomic E-state index is -0.172. The van der Waals surface area contributed by atoms with E-state index in [-0.39, 0.29) is 11.8 Å². The lowest BCUT2D eigenvalue weighted by Crippen LogP contribution is -2.41. The number of rotatable bonds is 5. The molecule has 3 aromatic rings. The van der Waals surface area contributed by atoms with Crippen molar-refractivity contribution < 1.29 is 9.53 Å². The van der Waals surface area contributed by atoms with E-state index in [1.165, 1.54) is 17.8 Å². The summed E-state index contributed by atoms with van der Waals surface area (Å²) >= 11 is 7.47. The summed E-state index contributed by atoms with van der Waals surface area (Å²) < 4.78 is 6.84. The number of halogens is 1. The second kappa shape index (κ2) is 7.25. The van der Waals surface area contributed by atoms with Crippen LogP contribution in [0, 0.1) is 0 Å². The maximum absolute atomic E-state index is 12.3. The number of amides is 1. The Morgan fingerprint density at radius 3 is 2.73 bits per heavy atom. The Morgan fingerprint density at radius 2 is 2.04 bits per heavy atom. The van der Waals surface area contributed by atoms with Gasteiger partial charge in [0.05, 0.1) is 16.1 Å². The second-order valence-electron chi connectivity index (χ2n) is 6.62. The summed E-state index contributed by atoms with van der Waals surface area (Å²) in [6.07, 6.45) is 3.40. The molecule has 1 fully saturated rings. The molecule has 26 heavy (non-hydrogen) atoms. The normalized spacial score (nSPS) is 15.5. The van der Waals surface area contributed by atoms with Crippen LogP contribution in [0.4, 0.5) is 0 Å². The van der Waals surface area contributed by atoms with E-state index in [1.54, 1.807) is 0 Å².